The van der Waals surface area contributed by atoms with Crippen LogP contribution in [0.25, 0.3) is 10.9 Å². The average Bonchev–Trinajstić information content (AvgIpc) is 2.71. The predicted molar refractivity (Wildman–Crippen MR) is 114 cm³/mol. The molecule has 5 nitrogen and oxygen atoms in total. The maximum atomic E-state index is 10.1. The van der Waals surface area contributed by atoms with E-state index in [0.29, 0.717) is 22.5 Å². The van der Waals surface area contributed by atoms with Crippen molar-refractivity contribution in [2.75, 3.05) is 10.6 Å². The van der Waals surface area contributed by atoms with E-state index in [0.717, 1.165) is 16.5 Å². The molecule has 1 atom stereocenters. The Morgan fingerprint density at radius 2 is 1.68 bits per heavy atom. The molecule has 1 unspecified atom stereocenters. The van der Waals surface area contributed by atoms with Crippen LogP contribution in [0.2, 0.25) is 5.02 Å². The monoisotopic (exact) mass is 390 g/mol. The molecule has 6 heteroatoms. The van der Waals surface area contributed by atoms with E-state index in [1.807, 2.05) is 42.5 Å². The molecule has 3 N–H and O–H groups in total. The second-order valence-corrected chi connectivity index (χ2v) is 6.91. The summed E-state index contributed by atoms with van der Waals surface area (Å²) in [5.41, 5.74) is 2.40. The zero-order chi connectivity index (χ0) is 19.5. The van der Waals surface area contributed by atoms with Gasteiger partial charge in [0.25, 0.3) is 0 Å². The third-order valence-corrected chi connectivity index (χ3v) is 4.70. The van der Waals surface area contributed by atoms with E-state index < -0.39 is 0 Å². The number of benzene rings is 3. The molecule has 0 fully saturated rings. The molecule has 0 radical (unpaired) electrons. The van der Waals surface area contributed by atoms with E-state index in [9.17, 15) is 5.11 Å². The molecule has 0 saturated carbocycles. The van der Waals surface area contributed by atoms with E-state index >= 15 is 0 Å². The average molecular weight is 391 g/mol. The van der Waals surface area contributed by atoms with Gasteiger partial charge in [0.1, 0.15) is 11.6 Å². The molecule has 3 aromatic carbocycles. The number of nitrogens with one attached hydrogen (secondary N) is 2. The molecular weight excluding hydrogens is 372 g/mol. The summed E-state index contributed by atoms with van der Waals surface area (Å²) in [6.07, 6.45) is 0. The fourth-order valence-electron chi connectivity index (χ4n) is 3.00. The zero-order valence-electron chi connectivity index (χ0n) is 15.2. The summed E-state index contributed by atoms with van der Waals surface area (Å²) < 4.78 is 0. The lowest BCUT2D eigenvalue weighted by atomic mass is 10.1. The maximum absolute atomic E-state index is 10.1. The third kappa shape index (κ3) is 3.85. The van der Waals surface area contributed by atoms with Crippen molar-refractivity contribution in [3.63, 3.8) is 0 Å². The van der Waals surface area contributed by atoms with Gasteiger partial charge in [-0.15, -0.1) is 0 Å². The lowest BCUT2D eigenvalue weighted by molar-refractivity contribution is 0.477. The highest BCUT2D eigenvalue weighted by atomic mass is 35.5. The fourth-order valence-corrected chi connectivity index (χ4v) is 3.17. The van der Waals surface area contributed by atoms with E-state index in [1.54, 1.807) is 12.1 Å². The highest BCUT2D eigenvalue weighted by Gasteiger charge is 2.12. The molecule has 0 aliphatic heterocycles. The first-order chi connectivity index (χ1) is 13.6. The summed E-state index contributed by atoms with van der Waals surface area (Å²) in [6.45, 7) is 2.09. The Balaban J connectivity index is 1.72. The summed E-state index contributed by atoms with van der Waals surface area (Å²) >= 11 is 6.04. The molecule has 4 aromatic rings. The number of phenolic OH excluding ortho intramolecular Hbond substituents is 1. The molecule has 28 heavy (non-hydrogen) atoms. The smallest absolute Gasteiger partial charge is 0.229 e. The minimum atomic E-state index is 0.0620. The Kier molecular flexibility index (Phi) is 5.00. The van der Waals surface area contributed by atoms with Gasteiger partial charge in [0.2, 0.25) is 5.95 Å². The van der Waals surface area contributed by atoms with Crippen LogP contribution in [0.15, 0.2) is 72.8 Å². The van der Waals surface area contributed by atoms with Gasteiger partial charge < -0.3 is 15.7 Å². The molecule has 0 spiro atoms. The molecule has 0 saturated heterocycles. The maximum Gasteiger partial charge on any atom is 0.229 e. The molecule has 1 heterocycles. The van der Waals surface area contributed by atoms with Gasteiger partial charge >= 0.3 is 0 Å². The van der Waals surface area contributed by atoms with Crippen molar-refractivity contribution in [2.45, 2.75) is 13.0 Å². The second-order valence-electron chi connectivity index (χ2n) is 6.48. The number of phenols is 1. The highest BCUT2D eigenvalue weighted by Crippen LogP contribution is 2.31. The number of halogens is 1. The normalized spacial score (nSPS) is 11.9. The van der Waals surface area contributed by atoms with Crippen molar-refractivity contribution in [1.82, 2.24) is 9.97 Å². The van der Waals surface area contributed by atoms with Crippen molar-refractivity contribution in [1.29, 1.82) is 0 Å². The molecule has 0 amide bonds. The number of anilines is 3. The van der Waals surface area contributed by atoms with Crippen LogP contribution in [0.5, 0.6) is 5.75 Å². The third-order valence-electron chi connectivity index (χ3n) is 4.46. The largest absolute Gasteiger partial charge is 0.506 e. The molecule has 0 bridgehead atoms. The van der Waals surface area contributed by atoms with Crippen LogP contribution in [0.1, 0.15) is 18.5 Å². The number of fused-ring (bicyclic) bond motifs is 1. The zero-order valence-corrected chi connectivity index (χ0v) is 16.0. The number of hydrogen-bond donors (Lipinski definition) is 3. The summed E-state index contributed by atoms with van der Waals surface area (Å²) in [5, 5.41) is 18.0. The number of nitrogens with zero attached hydrogens (tertiary/aromatic N) is 2. The SMILES string of the molecule is CC(Nc1nc(Nc2cc(Cl)ccc2O)nc2ccccc12)c1ccccc1. The van der Waals surface area contributed by atoms with Gasteiger partial charge in [0.15, 0.2) is 0 Å². The molecule has 0 aliphatic carbocycles. The number of aromatic nitrogens is 2. The Morgan fingerprint density at radius 3 is 2.50 bits per heavy atom. The van der Waals surface area contributed by atoms with Crippen molar-refractivity contribution < 1.29 is 5.11 Å². The minimum Gasteiger partial charge on any atom is -0.506 e. The Hall–Kier alpha value is -3.31. The Morgan fingerprint density at radius 1 is 0.929 bits per heavy atom. The first kappa shape index (κ1) is 18.1. The van der Waals surface area contributed by atoms with Gasteiger partial charge in [-0.1, -0.05) is 54.1 Å². The van der Waals surface area contributed by atoms with Crippen LogP contribution in [0.3, 0.4) is 0 Å². The number of para-hydroxylation sites is 1. The quantitative estimate of drug-likeness (QED) is 0.370. The summed E-state index contributed by atoms with van der Waals surface area (Å²) in [4.78, 5) is 9.21. The van der Waals surface area contributed by atoms with Gasteiger partial charge in [0.05, 0.1) is 11.2 Å². The van der Waals surface area contributed by atoms with Crippen molar-refractivity contribution in [3.05, 3.63) is 83.4 Å². The van der Waals surface area contributed by atoms with Crippen LogP contribution in [0.4, 0.5) is 17.5 Å². The number of hydrogen-bond acceptors (Lipinski definition) is 5. The molecule has 1 aromatic heterocycles. The molecule has 4 rings (SSSR count). The minimum absolute atomic E-state index is 0.0620. The van der Waals surface area contributed by atoms with Gasteiger partial charge in [-0.25, -0.2) is 4.98 Å². The van der Waals surface area contributed by atoms with E-state index in [4.69, 9.17) is 11.6 Å². The standard InChI is InChI=1S/C22H19ClN4O/c1-14(15-7-3-2-4-8-15)24-21-17-9-5-6-10-18(17)25-22(27-21)26-19-13-16(23)11-12-20(19)28/h2-14,28H,1H3,(H2,24,25,26,27). The van der Waals surface area contributed by atoms with E-state index in [1.165, 1.54) is 6.07 Å². The topological polar surface area (TPSA) is 70.1 Å². The van der Waals surface area contributed by atoms with E-state index in [2.05, 4.69) is 39.7 Å². The lowest BCUT2D eigenvalue weighted by Gasteiger charge is -2.17. The van der Waals surface area contributed by atoms with Crippen molar-refractivity contribution in [2.24, 2.45) is 0 Å². The molecule has 140 valence electrons. The summed E-state index contributed by atoms with van der Waals surface area (Å²) in [7, 11) is 0. The van der Waals surface area contributed by atoms with Gasteiger partial charge in [-0.05, 0) is 42.8 Å². The van der Waals surface area contributed by atoms with Crippen molar-refractivity contribution in [3.8, 4) is 5.75 Å². The van der Waals surface area contributed by atoms with Gasteiger partial charge in [-0.3, -0.25) is 0 Å². The van der Waals surface area contributed by atoms with Crippen LogP contribution in [-0.2, 0) is 0 Å². The van der Waals surface area contributed by atoms with Crippen molar-refractivity contribution >= 4 is 40.0 Å². The Labute approximate surface area is 168 Å². The lowest BCUT2D eigenvalue weighted by Crippen LogP contribution is -2.10. The number of rotatable bonds is 5. The summed E-state index contributed by atoms with van der Waals surface area (Å²) in [5.74, 6) is 1.17. The second kappa shape index (κ2) is 7.74. The van der Waals surface area contributed by atoms with Crippen LogP contribution >= 0.6 is 11.6 Å². The number of aromatic hydroxyl groups is 1. The molecular formula is C22H19ClN4O. The van der Waals surface area contributed by atoms with E-state index in [-0.39, 0.29) is 11.8 Å². The predicted octanol–water partition coefficient (Wildman–Crippen LogP) is 5.91. The van der Waals surface area contributed by atoms with Crippen LogP contribution < -0.4 is 10.6 Å². The van der Waals surface area contributed by atoms with Crippen LogP contribution in [-0.4, -0.2) is 15.1 Å². The first-order valence-corrected chi connectivity index (χ1v) is 9.32. The van der Waals surface area contributed by atoms with Gasteiger partial charge in [-0.2, -0.15) is 4.98 Å². The summed E-state index contributed by atoms with van der Waals surface area (Å²) in [6, 6.07) is 22.8. The Bertz CT molecular complexity index is 1120. The first-order valence-electron chi connectivity index (χ1n) is 8.94. The molecule has 0 aliphatic rings. The van der Waals surface area contributed by atoms with Gasteiger partial charge in [0, 0.05) is 16.5 Å². The van der Waals surface area contributed by atoms with Crippen LogP contribution in [0, 0.1) is 0 Å². The fraction of sp³-hybridized carbons (Fsp3) is 0.0909. The highest BCUT2D eigenvalue weighted by molar-refractivity contribution is 6.31.